The number of para-hydroxylation sites is 1. The van der Waals surface area contributed by atoms with Crippen LogP contribution in [0, 0.1) is 0 Å². The molecule has 0 unspecified atom stereocenters. The Morgan fingerprint density at radius 1 is 1.00 bits per heavy atom. The average Bonchev–Trinajstić information content (AvgIpc) is 2.68. The van der Waals surface area contributed by atoms with Crippen molar-refractivity contribution in [3.63, 3.8) is 0 Å². The molecule has 2 N–H and O–H groups in total. The highest BCUT2D eigenvalue weighted by Crippen LogP contribution is 2.21. The molecule has 0 spiro atoms. The van der Waals surface area contributed by atoms with Crippen molar-refractivity contribution in [2.75, 3.05) is 26.2 Å². The molecule has 0 fully saturated rings. The van der Waals surface area contributed by atoms with E-state index in [-0.39, 0.29) is 5.78 Å². The lowest BCUT2D eigenvalue weighted by Crippen LogP contribution is -2.25. The molecule has 0 bridgehead atoms. The lowest BCUT2D eigenvalue weighted by molar-refractivity contribution is 0.103. The van der Waals surface area contributed by atoms with Crippen molar-refractivity contribution in [1.29, 1.82) is 0 Å². The monoisotopic (exact) mass is 392 g/mol. The second-order valence-electron chi connectivity index (χ2n) is 5.67. The first-order chi connectivity index (χ1) is 13.0. The van der Waals surface area contributed by atoms with Crippen LogP contribution < -0.4 is 4.74 Å². The molecule has 0 aliphatic rings. The zero-order valence-electron chi connectivity index (χ0n) is 15.7. The standard InChI is InChI=1S/C20H25NO2.HO3P/c1-3-21(4-2)15-10-16-23-19-14-9-8-13-18(19)20(22)17-11-6-5-7-12-17;1-4(2)3/h5-9,11-14H,3-4,10,15-16H2,1-2H3;(H-,1,2,3)/p+1. The molecule has 2 aromatic carbocycles. The van der Waals surface area contributed by atoms with Gasteiger partial charge in [-0.05, 0) is 31.6 Å². The molecule has 0 radical (unpaired) electrons. The van der Waals surface area contributed by atoms with Crippen LogP contribution in [0.15, 0.2) is 54.6 Å². The lowest BCUT2D eigenvalue weighted by Gasteiger charge is -2.18. The molecule has 2 aromatic rings. The summed E-state index contributed by atoms with van der Waals surface area (Å²) in [6, 6.07) is 16.8. The summed E-state index contributed by atoms with van der Waals surface area (Å²) < 4.78 is 14.6. The molecule has 0 aromatic heterocycles. The zero-order chi connectivity index (χ0) is 20.1. The average molecular weight is 392 g/mol. The van der Waals surface area contributed by atoms with Crippen molar-refractivity contribution in [3.05, 3.63) is 65.7 Å². The number of ether oxygens (including phenoxy) is 1. The molecule has 0 heterocycles. The third-order valence-electron chi connectivity index (χ3n) is 3.94. The predicted molar refractivity (Wildman–Crippen MR) is 106 cm³/mol. The van der Waals surface area contributed by atoms with E-state index in [9.17, 15) is 4.79 Å². The number of benzene rings is 2. The topological polar surface area (TPSA) is 87.1 Å². The quantitative estimate of drug-likeness (QED) is 0.385. The van der Waals surface area contributed by atoms with E-state index >= 15 is 0 Å². The third kappa shape index (κ3) is 8.89. The van der Waals surface area contributed by atoms with E-state index in [1.165, 1.54) is 0 Å². The highest BCUT2D eigenvalue weighted by molar-refractivity contribution is 7.30. The second-order valence-corrected chi connectivity index (χ2v) is 6.18. The van der Waals surface area contributed by atoms with E-state index in [1.54, 1.807) is 0 Å². The zero-order valence-corrected chi connectivity index (χ0v) is 16.6. The van der Waals surface area contributed by atoms with Crippen molar-refractivity contribution in [1.82, 2.24) is 4.90 Å². The Balaban J connectivity index is 0.000000828. The van der Waals surface area contributed by atoms with Crippen molar-refractivity contribution >= 4 is 14.0 Å². The summed E-state index contributed by atoms with van der Waals surface area (Å²) in [7, 11) is -2.87. The number of ketones is 1. The fourth-order valence-electron chi connectivity index (χ4n) is 2.54. The number of hydrogen-bond donors (Lipinski definition) is 2. The van der Waals surface area contributed by atoms with Crippen LogP contribution in [-0.4, -0.2) is 46.7 Å². The SMILES string of the molecule is CCN(CC)CCCOc1ccccc1C(=O)c1ccccc1.O=[P+](O)O. The summed E-state index contributed by atoms with van der Waals surface area (Å²) >= 11 is 0. The van der Waals surface area contributed by atoms with Gasteiger partial charge in [-0.1, -0.05) is 56.3 Å². The molecule has 0 aliphatic heterocycles. The summed E-state index contributed by atoms with van der Waals surface area (Å²) in [5.74, 6) is 0.672. The molecular formula is C20H27NO5P+. The van der Waals surface area contributed by atoms with E-state index in [0.717, 1.165) is 26.1 Å². The largest absolute Gasteiger partial charge is 0.692 e. The van der Waals surface area contributed by atoms with Crippen LogP contribution in [0.25, 0.3) is 0 Å². The molecule has 0 saturated heterocycles. The Labute approximate surface area is 161 Å². The van der Waals surface area contributed by atoms with Gasteiger partial charge in [-0.15, -0.1) is 9.79 Å². The fraction of sp³-hybridized carbons (Fsp3) is 0.350. The highest BCUT2D eigenvalue weighted by atomic mass is 31.1. The van der Waals surface area contributed by atoms with Gasteiger partial charge in [0.1, 0.15) is 5.75 Å². The van der Waals surface area contributed by atoms with Crippen LogP contribution in [0.4, 0.5) is 0 Å². The summed E-state index contributed by atoms with van der Waals surface area (Å²) in [6.07, 6.45) is 0.954. The van der Waals surface area contributed by atoms with Gasteiger partial charge in [0, 0.05) is 16.7 Å². The summed E-state index contributed by atoms with van der Waals surface area (Å²) in [4.78, 5) is 29.2. The maximum atomic E-state index is 12.6. The van der Waals surface area contributed by atoms with Crippen molar-refractivity contribution in [2.24, 2.45) is 0 Å². The lowest BCUT2D eigenvalue weighted by atomic mass is 10.0. The number of nitrogens with zero attached hydrogens (tertiary/aromatic N) is 1. The summed E-state index contributed by atoms with van der Waals surface area (Å²) in [6.45, 7) is 8.08. The Hall–Kier alpha value is -2.11. The van der Waals surface area contributed by atoms with Gasteiger partial charge in [0.05, 0.1) is 12.2 Å². The molecular weight excluding hydrogens is 365 g/mol. The molecule has 146 valence electrons. The van der Waals surface area contributed by atoms with E-state index in [4.69, 9.17) is 19.1 Å². The summed E-state index contributed by atoms with van der Waals surface area (Å²) in [5, 5.41) is 0. The van der Waals surface area contributed by atoms with Gasteiger partial charge in [-0.2, -0.15) is 0 Å². The minimum Gasteiger partial charge on any atom is -0.493 e. The molecule has 0 saturated carbocycles. The van der Waals surface area contributed by atoms with Gasteiger partial charge in [-0.25, -0.2) is 0 Å². The number of rotatable bonds is 9. The first-order valence-electron chi connectivity index (χ1n) is 8.88. The van der Waals surface area contributed by atoms with Crippen LogP contribution in [0.1, 0.15) is 36.2 Å². The maximum Gasteiger partial charge on any atom is 0.692 e. The highest BCUT2D eigenvalue weighted by Gasteiger charge is 2.13. The van der Waals surface area contributed by atoms with Crippen molar-refractivity contribution in [3.8, 4) is 5.75 Å². The smallest absolute Gasteiger partial charge is 0.493 e. The van der Waals surface area contributed by atoms with E-state index in [0.29, 0.717) is 23.5 Å². The molecule has 0 amide bonds. The fourth-order valence-corrected chi connectivity index (χ4v) is 2.54. The van der Waals surface area contributed by atoms with Gasteiger partial charge < -0.3 is 9.64 Å². The Morgan fingerprint density at radius 2 is 1.56 bits per heavy atom. The Kier molecular flexibility index (Phi) is 11.1. The predicted octanol–water partition coefficient (Wildman–Crippen LogP) is 3.66. The number of carbonyl (C=O) groups excluding carboxylic acids is 1. The maximum absolute atomic E-state index is 12.6. The van der Waals surface area contributed by atoms with Gasteiger partial charge in [-0.3, -0.25) is 4.79 Å². The molecule has 7 heteroatoms. The minimum atomic E-state index is -2.87. The first kappa shape index (κ1) is 22.9. The minimum absolute atomic E-state index is 0.00458. The van der Waals surface area contributed by atoms with Gasteiger partial charge >= 0.3 is 8.25 Å². The third-order valence-corrected chi connectivity index (χ3v) is 3.94. The van der Waals surface area contributed by atoms with Gasteiger partial charge in [0.25, 0.3) is 0 Å². The molecule has 27 heavy (non-hydrogen) atoms. The Morgan fingerprint density at radius 3 is 2.15 bits per heavy atom. The van der Waals surface area contributed by atoms with Crippen LogP contribution in [0.3, 0.4) is 0 Å². The van der Waals surface area contributed by atoms with Crippen LogP contribution in [0.2, 0.25) is 0 Å². The first-order valence-corrected chi connectivity index (χ1v) is 10.0. The number of hydrogen-bond acceptors (Lipinski definition) is 4. The van der Waals surface area contributed by atoms with E-state index in [2.05, 4.69) is 18.7 Å². The second kappa shape index (κ2) is 13.1. The van der Waals surface area contributed by atoms with Crippen molar-refractivity contribution in [2.45, 2.75) is 20.3 Å². The van der Waals surface area contributed by atoms with Crippen LogP contribution in [-0.2, 0) is 4.57 Å². The number of carbonyl (C=O) groups is 1. The van der Waals surface area contributed by atoms with E-state index < -0.39 is 8.25 Å². The summed E-state index contributed by atoms with van der Waals surface area (Å²) in [5.41, 5.74) is 1.31. The molecule has 2 rings (SSSR count). The van der Waals surface area contributed by atoms with E-state index in [1.807, 2.05) is 54.6 Å². The van der Waals surface area contributed by atoms with Crippen LogP contribution >= 0.6 is 8.25 Å². The molecule has 0 atom stereocenters. The Bertz CT molecular complexity index is 701. The molecule has 6 nitrogen and oxygen atoms in total. The normalized spacial score (nSPS) is 10.1. The molecule has 0 aliphatic carbocycles. The van der Waals surface area contributed by atoms with Gasteiger partial charge in [0.15, 0.2) is 5.78 Å². The van der Waals surface area contributed by atoms with Gasteiger partial charge in [0.2, 0.25) is 0 Å². The van der Waals surface area contributed by atoms with Crippen molar-refractivity contribution < 1.29 is 23.9 Å². The van der Waals surface area contributed by atoms with Crippen LogP contribution in [0.5, 0.6) is 5.75 Å².